The van der Waals surface area contributed by atoms with Crippen LogP contribution in [0.3, 0.4) is 0 Å². The summed E-state index contributed by atoms with van der Waals surface area (Å²) in [5.41, 5.74) is 1.75. The quantitative estimate of drug-likeness (QED) is 0.476. The fourth-order valence-electron chi connectivity index (χ4n) is 4.40. The molecule has 1 atom stereocenters. The van der Waals surface area contributed by atoms with E-state index in [1.807, 2.05) is 66.7 Å². The van der Waals surface area contributed by atoms with Crippen LogP contribution in [0.1, 0.15) is 30.1 Å². The Morgan fingerprint density at radius 2 is 1.77 bits per heavy atom. The number of hydrogen-bond donors (Lipinski definition) is 1. The number of carbonyl (C=O) groups excluding carboxylic acids is 1. The van der Waals surface area contributed by atoms with Gasteiger partial charge in [-0.15, -0.1) is 0 Å². The Morgan fingerprint density at radius 3 is 2.49 bits per heavy atom. The molecule has 4 rings (SSSR count). The molecule has 1 fully saturated rings. The van der Waals surface area contributed by atoms with Crippen molar-refractivity contribution in [3.05, 3.63) is 84.2 Å². The van der Waals surface area contributed by atoms with E-state index in [9.17, 15) is 4.79 Å². The molecular weight excluding hydrogens is 442 g/mol. The monoisotopic (exact) mass is 475 g/mol. The Hall–Kier alpha value is -3.58. The molecule has 1 aliphatic rings. The second kappa shape index (κ2) is 12.2. The maximum atomic E-state index is 13.3. The molecule has 2 heterocycles. The average molecular weight is 476 g/mol. The number of aromatic nitrogens is 1. The van der Waals surface area contributed by atoms with Gasteiger partial charge in [-0.25, -0.2) is 0 Å². The lowest BCUT2D eigenvalue weighted by Crippen LogP contribution is -2.43. The van der Waals surface area contributed by atoms with Crippen molar-refractivity contribution in [2.24, 2.45) is 5.92 Å². The molecule has 7 heteroatoms. The summed E-state index contributed by atoms with van der Waals surface area (Å²) >= 11 is 0. The Morgan fingerprint density at radius 1 is 1.00 bits per heavy atom. The number of nitrogens with one attached hydrogen (secondary N) is 1. The zero-order valence-corrected chi connectivity index (χ0v) is 20.4. The van der Waals surface area contributed by atoms with Gasteiger partial charge in [0, 0.05) is 18.7 Å². The topological polar surface area (TPSA) is 72.9 Å². The van der Waals surface area contributed by atoms with Crippen molar-refractivity contribution in [2.75, 3.05) is 40.5 Å². The number of piperidine rings is 1. The third-order valence-corrected chi connectivity index (χ3v) is 6.39. The van der Waals surface area contributed by atoms with Gasteiger partial charge in [-0.05, 0) is 67.9 Å². The lowest BCUT2D eigenvalue weighted by atomic mass is 9.94. The number of ether oxygens (including phenoxy) is 3. The number of hydrogen-bond acceptors (Lipinski definition) is 6. The predicted molar refractivity (Wildman–Crippen MR) is 135 cm³/mol. The minimum absolute atomic E-state index is 0.0294. The molecule has 1 N–H and O–H groups in total. The molecular formula is C28H33N3O4. The lowest BCUT2D eigenvalue weighted by molar-refractivity contribution is -0.127. The van der Waals surface area contributed by atoms with Crippen LogP contribution in [0.2, 0.25) is 0 Å². The smallest absolute Gasteiger partial charge is 0.224 e. The van der Waals surface area contributed by atoms with Crippen LogP contribution in [0, 0.1) is 5.92 Å². The van der Waals surface area contributed by atoms with E-state index >= 15 is 0 Å². The van der Waals surface area contributed by atoms with Gasteiger partial charge in [0.15, 0.2) is 11.5 Å². The summed E-state index contributed by atoms with van der Waals surface area (Å²) in [4.78, 5) is 20.1. The minimum atomic E-state index is -0.328. The Labute approximate surface area is 207 Å². The Kier molecular flexibility index (Phi) is 8.57. The molecule has 1 saturated heterocycles. The van der Waals surface area contributed by atoms with Crippen molar-refractivity contribution in [3.63, 3.8) is 0 Å². The van der Waals surface area contributed by atoms with E-state index in [0.29, 0.717) is 6.61 Å². The average Bonchev–Trinajstić information content (AvgIpc) is 2.92. The normalized spacial score (nSPS) is 15.3. The van der Waals surface area contributed by atoms with Gasteiger partial charge in [0.1, 0.15) is 12.4 Å². The number of likely N-dealkylation sites (tertiary alicyclic amines) is 1. The van der Waals surface area contributed by atoms with Crippen LogP contribution in [0.4, 0.5) is 0 Å². The molecule has 1 aliphatic heterocycles. The van der Waals surface area contributed by atoms with Crippen LogP contribution in [-0.4, -0.2) is 56.3 Å². The van der Waals surface area contributed by atoms with E-state index in [2.05, 4.69) is 15.2 Å². The third-order valence-electron chi connectivity index (χ3n) is 6.39. The summed E-state index contributed by atoms with van der Waals surface area (Å²) in [5.74, 6) is 2.27. The van der Waals surface area contributed by atoms with Crippen molar-refractivity contribution >= 4 is 5.91 Å². The number of carbonyl (C=O) groups is 1. The van der Waals surface area contributed by atoms with Gasteiger partial charge in [0.05, 0.1) is 26.0 Å². The van der Waals surface area contributed by atoms with Crippen molar-refractivity contribution in [3.8, 4) is 17.2 Å². The van der Waals surface area contributed by atoms with Crippen LogP contribution in [0.25, 0.3) is 0 Å². The van der Waals surface area contributed by atoms with E-state index in [-0.39, 0.29) is 17.9 Å². The first-order valence-corrected chi connectivity index (χ1v) is 12.0. The summed E-state index contributed by atoms with van der Waals surface area (Å²) in [6, 6.07) is 20.9. The molecule has 0 bridgehead atoms. The van der Waals surface area contributed by atoms with Gasteiger partial charge in [-0.1, -0.05) is 30.3 Å². The molecule has 1 amide bonds. The highest BCUT2D eigenvalue weighted by Gasteiger charge is 2.28. The van der Waals surface area contributed by atoms with Crippen LogP contribution in [0.5, 0.6) is 17.2 Å². The molecule has 1 aromatic heterocycles. The Balaban J connectivity index is 1.32. The second-order valence-corrected chi connectivity index (χ2v) is 8.59. The van der Waals surface area contributed by atoms with Gasteiger partial charge in [0.2, 0.25) is 5.91 Å². The number of rotatable bonds is 10. The maximum Gasteiger partial charge on any atom is 0.224 e. The molecule has 2 aromatic carbocycles. The molecule has 0 radical (unpaired) electrons. The summed E-state index contributed by atoms with van der Waals surface area (Å²) in [6.07, 6.45) is 3.38. The maximum absolute atomic E-state index is 13.3. The number of pyridine rings is 1. The molecule has 0 spiro atoms. The first kappa shape index (κ1) is 24.5. The number of nitrogens with zero attached hydrogens (tertiary/aromatic N) is 2. The Bertz CT molecular complexity index is 1080. The van der Waals surface area contributed by atoms with Crippen molar-refractivity contribution in [2.45, 2.75) is 18.9 Å². The summed E-state index contributed by atoms with van der Waals surface area (Å²) in [7, 11) is 3.29. The van der Waals surface area contributed by atoms with Gasteiger partial charge >= 0.3 is 0 Å². The first-order valence-electron chi connectivity index (χ1n) is 12.0. The van der Waals surface area contributed by atoms with Crippen molar-refractivity contribution in [1.29, 1.82) is 0 Å². The van der Waals surface area contributed by atoms with Gasteiger partial charge < -0.3 is 19.5 Å². The van der Waals surface area contributed by atoms with E-state index in [0.717, 1.165) is 61.0 Å². The number of amides is 1. The van der Waals surface area contributed by atoms with Crippen molar-refractivity contribution in [1.82, 2.24) is 15.2 Å². The standard InChI is InChI=1S/C28H33N3O4/c1-33-23-9-7-8-22(20-23)27(24-10-5-6-15-29-24)30-28(32)21-13-16-31(17-14-21)18-19-35-26-12-4-3-11-25(26)34-2/h3-12,15,20-21,27H,13-14,16-19H2,1-2H3,(H,30,32). The minimum Gasteiger partial charge on any atom is -0.497 e. The van der Waals surface area contributed by atoms with Gasteiger partial charge in [0.25, 0.3) is 0 Å². The highest BCUT2D eigenvalue weighted by atomic mass is 16.5. The summed E-state index contributed by atoms with van der Waals surface area (Å²) in [5, 5.41) is 3.25. The van der Waals surface area contributed by atoms with Crippen LogP contribution >= 0.6 is 0 Å². The molecule has 3 aromatic rings. The van der Waals surface area contributed by atoms with Crippen LogP contribution in [0.15, 0.2) is 72.9 Å². The zero-order valence-electron chi connectivity index (χ0n) is 20.4. The first-order chi connectivity index (χ1) is 17.2. The van der Waals surface area contributed by atoms with Crippen LogP contribution in [-0.2, 0) is 4.79 Å². The number of benzene rings is 2. The number of para-hydroxylation sites is 2. The molecule has 0 aliphatic carbocycles. The largest absolute Gasteiger partial charge is 0.497 e. The number of methoxy groups -OCH3 is 2. The van der Waals surface area contributed by atoms with E-state index in [4.69, 9.17) is 14.2 Å². The van der Waals surface area contributed by atoms with E-state index in [1.54, 1.807) is 20.4 Å². The molecule has 184 valence electrons. The predicted octanol–water partition coefficient (Wildman–Crippen LogP) is 4.10. The highest BCUT2D eigenvalue weighted by Crippen LogP contribution is 2.27. The fraction of sp³-hybridized carbons (Fsp3) is 0.357. The van der Waals surface area contributed by atoms with Gasteiger partial charge in [-0.3, -0.25) is 14.7 Å². The van der Waals surface area contributed by atoms with E-state index < -0.39 is 0 Å². The SMILES string of the molecule is COc1cccc(C(NC(=O)C2CCN(CCOc3ccccc3OC)CC2)c2ccccn2)c1. The molecule has 35 heavy (non-hydrogen) atoms. The highest BCUT2D eigenvalue weighted by molar-refractivity contribution is 5.79. The van der Waals surface area contributed by atoms with Crippen molar-refractivity contribution < 1.29 is 19.0 Å². The van der Waals surface area contributed by atoms with Crippen LogP contribution < -0.4 is 19.5 Å². The molecule has 0 saturated carbocycles. The molecule has 1 unspecified atom stereocenters. The lowest BCUT2D eigenvalue weighted by Gasteiger charge is -2.32. The fourth-order valence-corrected chi connectivity index (χ4v) is 4.40. The summed E-state index contributed by atoms with van der Waals surface area (Å²) < 4.78 is 16.6. The third kappa shape index (κ3) is 6.51. The summed E-state index contributed by atoms with van der Waals surface area (Å²) in [6.45, 7) is 3.11. The zero-order chi connectivity index (χ0) is 24.5. The second-order valence-electron chi connectivity index (χ2n) is 8.59. The van der Waals surface area contributed by atoms with E-state index in [1.165, 1.54) is 0 Å². The van der Waals surface area contributed by atoms with Gasteiger partial charge in [-0.2, -0.15) is 0 Å². The molecule has 7 nitrogen and oxygen atoms in total.